The van der Waals surface area contributed by atoms with E-state index in [1.807, 2.05) is 24.3 Å². The molecule has 0 bridgehead atoms. The van der Waals surface area contributed by atoms with E-state index in [1.54, 1.807) is 0 Å². The first kappa shape index (κ1) is 20.3. The fourth-order valence-electron chi connectivity index (χ4n) is 3.93. The van der Waals surface area contributed by atoms with Crippen LogP contribution in [0.4, 0.5) is 4.39 Å². The molecule has 1 fully saturated rings. The van der Waals surface area contributed by atoms with E-state index in [0.717, 1.165) is 18.8 Å². The fraction of sp³-hybridized carbons (Fsp3) is 0.400. The highest BCUT2D eigenvalue weighted by Crippen LogP contribution is 2.38. The second-order valence-electron chi connectivity index (χ2n) is 7.83. The van der Waals surface area contributed by atoms with Crippen molar-refractivity contribution in [3.05, 3.63) is 77.6 Å². The summed E-state index contributed by atoms with van der Waals surface area (Å²) in [7, 11) is 0. The van der Waals surface area contributed by atoms with Gasteiger partial charge in [0.2, 0.25) is 0 Å². The molecular weight excluding hydrogens is 351 g/mol. The zero-order chi connectivity index (χ0) is 19.9. The smallest absolute Gasteiger partial charge is 0.343 e. The zero-order valence-corrected chi connectivity index (χ0v) is 16.6. The number of ether oxygens (including phenoxy) is 1. The fourth-order valence-corrected chi connectivity index (χ4v) is 3.93. The van der Waals surface area contributed by atoms with Crippen molar-refractivity contribution in [3.8, 4) is 5.75 Å². The minimum atomic E-state index is -0.419. The highest BCUT2D eigenvalue weighted by molar-refractivity contribution is 5.91. The second kappa shape index (κ2) is 9.68. The standard InChI is InChI=1S/C25H29FO2/c1-3-18(2)4-5-19-6-8-20(9-7-19)21-10-12-22(13-11-21)25(27)28-24-16-14-23(26)15-17-24/h10-17,19-20H,2-9H2,1H3. The van der Waals surface area contributed by atoms with E-state index in [2.05, 4.69) is 13.5 Å². The summed E-state index contributed by atoms with van der Waals surface area (Å²) in [5.41, 5.74) is 3.18. The number of hydrogen-bond donors (Lipinski definition) is 0. The third-order valence-electron chi connectivity index (χ3n) is 5.89. The molecule has 0 saturated heterocycles. The van der Waals surface area contributed by atoms with Crippen LogP contribution in [0.2, 0.25) is 0 Å². The number of rotatable bonds is 7. The van der Waals surface area contributed by atoms with Crippen molar-refractivity contribution >= 4 is 5.97 Å². The third kappa shape index (κ3) is 5.54. The molecule has 1 aliphatic carbocycles. The minimum Gasteiger partial charge on any atom is -0.423 e. The first-order valence-corrected chi connectivity index (χ1v) is 10.3. The Kier molecular flexibility index (Phi) is 7.02. The van der Waals surface area contributed by atoms with Gasteiger partial charge in [-0.2, -0.15) is 0 Å². The quantitative estimate of drug-likeness (QED) is 0.292. The highest BCUT2D eigenvalue weighted by atomic mass is 19.1. The maximum atomic E-state index is 12.9. The number of hydrogen-bond acceptors (Lipinski definition) is 2. The lowest BCUT2D eigenvalue weighted by atomic mass is 9.77. The molecule has 3 heteroatoms. The number of carbonyl (C=O) groups excluding carboxylic acids is 1. The number of halogens is 1. The highest BCUT2D eigenvalue weighted by Gasteiger charge is 2.22. The number of benzene rings is 2. The Balaban J connectivity index is 1.51. The average molecular weight is 381 g/mol. The van der Waals surface area contributed by atoms with Crippen LogP contribution in [-0.4, -0.2) is 5.97 Å². The molecule has 2 aromatic carbocycles. The van der Waals surface area contributed by atoms with Crippen LogP contribution in [0.1, 0.15) is 73.7 Å². The third-order valence-corrected chi connectivity index (χ3v) is 5.89. The molecule has 1 aliphatic rings. The Morgan fingerprint density at radius 1 is 1.04 bits per heavy atom. The molecule has 0 N–H and O–H groups in total. The van der Waals surface area contributed by atoms with Gasteiger partial charge in [0, 0.05) is 0 Å². The first-order chi connectivity index (χ1) is 13.5. The molecule has 1 saturated carbocycles. The van der Waals surface area contributed by atoms with Crippen molar-refractivity contribution in [2.75, 3.05) is 0 Å². The molecule has 0 heterocycles. The van der Waals surface area contributed by atoms with Crippen molar-refractivity contribution in [1.29, 1.82) is 0 Å². The Morgan fingerprint density at radius 3 is 2.29 bits per heavy atom. The van der Waals surface area contributed by atoms with E-state index in [-0.39, 0.29) is 5.82 Å². The van der Waals surface area contributed by atoms with Crippen LogP contribution in [0.5, 0.6) is 5.75 Å². The van der Waals surface area contributed by atoms with Gasteiger partial charge < -0.3 is 4.74 Å². The summed E-state index contributed by atoms with van der Waals surface area (Å²) in [6, 6.07) is 13.2. The van der Waals surface area contributed by atoms with Gasteiger partial charge in [0.05, 0.1) is 5.56 Å². The molecule has 148 valence electrons. The van der Waals surface area contributed by atoms with E-state index in [0.29, 0.717) is 17.2 Å². The maximum Gasteiger partial charge on any atom is 0.343 e. The van der Waals surface area contributed by atoms with Gasteiger partial charge >= 0.3 is 5.97 Å². The largest absolute Gasteiger partial charge is 0.423 e. The number of carbonyl (C=O) groups is 1. The molecule has 0 aliphatic heterocycles. The lowest BCUT2D eigenvalue weighted by molar-refractivity contribution is 0.0734. The van der Waals surface area contributed by atoms with Crippen LogP contribution >= 0.6 is 0 Å². The van der Waals surface area contributed by atoms with E-state index in [9.17, 15) is 9.18 Å². The molecule has 2 nitrogen and oxygen atoms in total. The van der Waals surface area contributed by atoms with Gasteiger partial charge in [-0.25, -0.2) is 9.18 Å². The van der Waals surface area contributed by atoms with Gasteiger partial charge in [0.15, 0.2) is 0 Å². The van der Waals surface area contributed by atoms with Crippen LogP contribution in [0.15, 0.2) is 60.7 Å². The second-order valence-corrected chi connectivity index (χ2v) is 7.83. The van der Waals surface area contributed by atoms with Crippen LogP contribution in [0.3, 0.4) is 0 Å². The Labute approximate surface area is 167 Å². The summed E-state index contributed by atoms with van der Waals surface area (Å²) >= 11 is 0. The van der Waals surface area contributed by atoms with Crippen molar-refractivity contribution in [3.63, 3.8) is 0 Å². The molecule has 0 atom stereocenters. The van der Waals surface area contributed by atoms with Gasteiger partial charge in [-0.3, -0.25) is 0 Å². The van der Waals surface area contributed by atoms with Gasteiger partial charge in [-0.15, -0.1) is 0 Å². The SMILES string of the molecule is C=C(CC)CCC1CCC(c2ccc(C(=O)Oc3ccc(F)cc3)cc2)CC1. The minimum absolute atomic E-state index is 0.347. The topological polar surface area (TPSA) is 26.3 Å². The predicted octanol–water partition coefficient (Wildman–Crippen LogP) is 7.07. The Morgan fingerprint density at radius 2 is 1.68 bits per heavy atom. The molecule has 2 aromatic rings. The van der Waals surface area contributed by atoms with Gasteiger partial charge in [-0.05, 0) is 98.7 Å². The summed E-state index contributed by atoms with van der Waals surface area (Å²) in [6.07, 6.45) is 8.49. The summed E-state index contributed by atoms with van der Waals surface area (Å²) in [5, 5.41) is 0. The molecule has 0 aromatic heterocycles. The lowest BCUT2D eigenvalue weighted by Gasteiger charge is -2.29. The molecule has 0 spiro atoms. The molecule has 0 unspecified atom stereocenters. The summed E-state index contributed by atoms with van der Waals surface area (Å²) in [5.74, 6) is 0.976. The zero-order valence-electron chi connectivity index (χ0n) is 16.6. The van der Waals surface area contributed by atoms with Crippen LogP contribution in [0, 0.1) is 11.7 Å². The normalized spacial score (nSPS) is 19.2. The van der Waals surface area contributed by atoms with E-state index >= 15 is 0 Å². The summed E-state index contributed by atoms with van der Waals surface area (Å²) in [4.78, 5) is 12.3. The van der Waals surface area contributed by atoms with Crippen molar-refractivity contribution in [1.82, 2.24) is 0 Å². The summed E-state index contributed by atoms with van der Waals surface area (Å²) in [6.45, 7) is 6.30. The predicted molar refractivity (Wildman–Crippen MR) is 111 cm³/mol. The lowest BCUT2D eigenvalue weighted by Crippen LogP contribution is -2.14. The van der Waals surface area contributed by atoms with Gasteiger partial charge in [0.1, 0.15) is 11.6 Å². The average Bonchev–Trinajstić information content (AvgIpc) is 2.74. The van der Waals surface area contributed by atoms with E-state index in [4.69, 9.17) is 4.74 Å². The number of allylic oxidation sites excluding steroid dienone is 1. The first-order valence-electron chi connectivity index (χ1n) is 10.3. The number of esters is 1. The molecule has 28 heavy (non-hydrogen) atoms. The van der Waals surface area contributed by atoms with Crippen LogP contribution in [0.25, 0.3) is 0 Å². The van der Waals surface area contributed by atoms with Crippen molar-refractivity contribution < 1.29 is 13.9 Å². The monoisotopic (exact) mass is 380 g/mol. The van der Waals surface area contributed by atoms with E-state index < -0.39 is 5.97 Å². The van der Waals surface area contributed by atoms with Crippen LogP contribution < -0.4 is 4.74 Å². The van der Waals surface area contributed by atoms with Crippen molar-refractivity contribution in [2.24, 2.45) is 5.92 Å². The van der Waals surface area contributed by atoms with Gasteiger partial charge in [0.25, 0.3) is 0 Å². The Bertz CT molecular complexity index is 784. The van der Waals surface area contributed by atoms with Gasteiger partial charge in [-0.1, -0.05) is 31.2 Å². The maximum absolute atomic E-state index is 12.9. The van der Waals surface area contributed by atoms with E-state index in [1.165, 1.54) is 67.5 Å². The Hall–Kier alpha value is -2.42. The van der Waals surface area contributed by atoms with Crippen LogP contribution in [-0.2, 0) is 0 Å². The van der Waals surface area contributed by atoms with Crippen molar-refractivity contribution in [2.45, 2.75) is 57.8 Å². The molecule has 0 radical (unpaired) electrons. The molecule has 0 amide bonds. The summed E-state index contributed by atoms with van der Waals surface area (Å²) < 4.78 is 18.2. The molecular formula is C25H29FO2. The molecule has 3 rings (SSSR count).